The Morgan fingerprint density at radius 3 is 2.88 bits per heavy atom. The molecule has 0 amide bonds. The number of nitrogens with zero attached hydrogens (tertiary/aromatic N) is 1. The molecule has 88 valence electrons. The molecular formula is C12H17ClN2O. The van der Waals surface area contributed by atoms with E-state index < -0.39 is 0 Å². The summed E-state index contributed by atoms with van der Waals surface area (Å²) in [5.41, 5.74) is 7.35. The van der Waals surface area contributed by atoms with Crippen LogP contribution in [0.5, 0.6) is 0 Å². The number of hydrogen-bond donors (Lipinski definition) is 2. The van der Waals surface area contributed by atoms with Crippen molar-refractivity contribution in [1.29, 1.82) is 0 Å². The van der Waals surface area contributed by atoms with Gasteiger partial charge < -0.3 is 15.7 Å². The highest BCUT2D eigenvalue weighted by molar-refractivity contribution is 6.33. The van der Waals surface area contributed by atoms with Gasteiger partial charge in [0.15, 0.2) is 0 Å². The average Bonchev–Trinajstić information content (AvgIpc) is 2.66. The van der Waals surface area contributed by atoms with Crippen molar-refractivity contribution >= 4 is 23.0 Å². The van der Waals surface area contributed by atoms with E-state index in [-0.39, 0.29) is 6.10 Å². The van der Waals surface area contributed by atoms with Crippen LogP contribution in [0.2, 0.25) is 5.02 Å². The van der Waals surface area contributed by atoms with Crippen LogP contribution in [-0.4, -0.2) is 24.3 Å². The monoisotopic (exact) mass is 240 g/mol. The van der Waals surface area contributed by atoms with Gasteiger partial charge in [0.2, 0.25) is 0 Å². The van der Waals surface area contributed by atoms with E-state index in [2.05, 4.69) is 4.90 Å². The van der Waals surface area contributed by atoms with Crippen LogP contribution >= 0.6 is 11.6 Å². The lowest BCUT2D eigenvalue weighted by Crippen LogP contribution is -2.24. The molecule has 0 radical (unpaired) electrons. The second-order valence-electron chi connectivity index (χ2n) is 4.45. The number of halogens is 1. The maximum atomic E-state index is 9.55. The molecule has 1 aromatic carbocycles. The van der Waals surface area contributed by atoms with Crippen molar-refractivity contribution in [2.45, 2.75) is 19.4 Å². The smallest absolute Gasteiger partial charge is 0.0660 e. The minimum atomic E-state index is -0.252. The molecule has 1 saturated heterocycles. The molecule has 0 aliphatic carbocycles. The molecule has 3 nitrogen and oxygen atoms in total. The van der Waals surface area contributed by atoms with Gasteiger partial charge in [0.25, 0.3) is 0 Å². The molecule has 4 heteroatoms. The van der Waals surface area contributed by atoms with Gasteiger partial charge in [0.1, 0.15) is 0 Å². The quantitative estimate of drug-likeness (QED) is 0.779. The molecule has 1 aliphatic rings. The Balaban J connectivity index is 2.14. The number of rotatable bonds is 2. The number of benzene rings is 1. The molecule has 1 aromatic rings. The van der Waals surface area contributed by atoms with Crippen molar-refractivity contribution < 1.29 is 5.11 Å². The summed E-state index contributed by atoms with van der Waals surface area (Å²) >= 11 is 6.15. The van der Waals surface area contributed by atoms with E-state index in [9.17, 15) is 5.11 Å². The van der Waals surface area contributed by atoms with Gasteiger partial charge >= 0.3 is 0 Å². The fraction of sp³-hybridized carbons (Fsp3) is 0.500. The predicted molar refractivity (Wildman–Crippen MR) is 67.9 cm³/mol. The maximum absolute atomic E-state index is 9.55. The van der Waals surface area contributed by atoms with Crippen LogP contribution in [0.4, 0.5) is 11.4 Å². The standard InChI is InChI=1S/C12H17ClN2O/c1-8(16)9-4-5-15(7-9)12-3-2-10(14)6-11(12)13/h2-3,6,8-9,16H,4-5,7,14H2,1H3. The normalized spacial score (nSPS) is 22.4. The van der Waals surface area contributed by atoms with Gasteiger partial charge in [-0.1, -0.05) is 11.6 Å². The van der Waals surface area contributed by atoms with E-state index in [1.54, 1.807) is 6.07 Å². The van der Waals surface area contributed by atoms with Crippen LogP contribution in [0.25, 0.3) is 0 Å². The average molecular weight is 241 g/mol. The van der Waals surface area contributed by atoms with E-state index in [0.717, 1.165) is 25.2 Å². The third-order valence-corrected chi connectivity index (χ3v) is 3.52. The summed E-state index contributed by atoms with van der Waals surface area (Å²) in [7, 11) is 0. The van der Waals surface area contributed by atoms with E-state index in [1.807, 2.05) is 19.1 Å². The summed E-state index contributed by atoms with van der Waals surface area (Å²) < 4.78 is 0. The van der Waals surface area contributed by atoms with Crippen LogP contribution in [-0.2, 0) is 0 Å². The Morgan fingerprint density at radius 2 is 2.31 bits per heavy atom. The van der Waals surface area contributed by atoms with E-state index >= 15 is 0 Å². The Morgan fingerprint density at radius 1 is 1.56 bits per heavy atom. The molecule has 0 spiro atoms. The topological polar surface area (TPSA) is 49.5 Å². The molecule has 0 bridgehead atoms. The van der Waals surface area contributed by atoms with E-state index in [0.29, 0.717) is 16.6 Å². The predicted octanol–water partition coefficient (Wildman–Crippen LogP) is 2.13. The summed E-state index contributed by atoms with van der Waals surface area (Å²) in [5, 5.41) is 10.2. The molecule has 1 aliphatic heterocycles. The van der Waals surface area contributed by atoms with Crippen LogP contribution < -0.4 is 10.6 Å². The summed E-state index contributed by atoms with van der Waals surface area (Å²) in [6.45, 7) is 3.65. The highest BCUT2D eigenvalue weighted by Gasteiger charge is 2.26. The van der Waals surface area contributed by atoms with Gasteiger partial charge in [-0.25, -0.2) is 0 Å². The first-order valence-electron chi connectivity index (χ1n) is 5.56. The number of aliphatic hydroxyl groups excluding tert-OH is 1. The fourth-order valence-corrected chi connectivity index (χ4v) is 2.49. The molecule has 3 N–H and O–H groups in total. The summed E-state index contributed by atoms with van der Waals surface area (Å²) in [4.78, 5) is 2.21. The summed E-state index contributed by atoms with van der Waals surface area (Å²) in [5.74, 6) is 0.341. The molecule has 0 aromatic heterocycles. The highest BCUT2D eigenvalue weighted by Crippen LogP contribution is 2.32. The SMILES string of the molecule is CC(O)C1CCN(c2ccc(N)cc2Cl)C1. The second kappa shape index (κ2) is 4.52. The number of nitrogens with two attached hydrogens (primary N) is 1. The number of anilines is 2. The minimum absolute atomic E-state index is 0.252. The molecule has 1 fully saturated rings. The van der Waals surface area contributed by atoms with Crippen molar-refractivity contribution in [3.05, 3.63) is 23.2 Å². The summed E-state index contributed by atoms with van der Waals surface area (Å²) in [6, 6.07) is 5.57. The van der Waals surface area contributed by atoms with Crippen molar-refractivity contribution in [3.63, 3.8) is 0 Å². The van der Waals surface area contributed by atoms with Crippen molar-refractivity contribution in [2.75, 3.05) is 23.7 Å². The molecular weight excluding hydrogens is 224 g/mol. The maximum Gasteiger partial charge on any atom is 0.0660 e. The fourth-order valence-electron chi connectivity index (χ4n) is 2.18. The van der Waals surface area contributed by atoms with Gasteiger partial charge in [0, 0.05) is 24.7 Å². The zero-order valence-corrected chi connectivity index (χ0v) is 10.1. The lowest BCUT2D eigenvalue weighted by molar-refractivity contribution is 0.136. The van der Waals surface area contributed by atoms with Crippen molar-refractivity contribution in [2.24, 2.45) is 5.92 Å². The second-order valence-corrected chi connectivity index (χ2v) is 4.85. The molecule has 2 rings (SSSR count). The molecule has 2 atom stereocenters. The Bertz CT molecular complexity index is 381. The first kappa shape index (κ1) is 11.6. The Labute approximate surface area is 101 Å². The van der Waals surface area contributed by atoms with Gasteiger partial charge in [-0.15, -0.1) is 0 Å². The molecule has 1 heterocycles. The zero-order chi connectivity index (χ0) is 11.7. The van der Waals surface area contributed by atoms with Crippen molar-refractivity contribution in [3.8, 4) is 0 Å². The van der Waals surface area contributed by atoms with Crippen LogP contribution in [0.3, 0.4) is 0 Å². The first-order valence-corrected chi connectivity index (χ1v) is 5.94. The largest absolute Gasteiger partial charge is 0.399 e. The third kappa shape index (κ3) is 2.25. The van der Waals surface area contributed by atoms with E-state index in [4.69, 9.17) is 17.3 Å². The van der Waals surface area contributed by atoms with Gasteiger partial charge in [-0.2, -0.15) is 0 Å². The lowest BCUT2D eigenvalue weighted by atomic mass is 10.0. The van der Waals surface area contributed by atoms with Gasteiger partial charge in [0.05, 0.1) is 16.8 Å². The molecule has 2 unspecified atom stereocenters. The summed E-state index contributed by atoms with van der Waals surface area (Å²) in [6.07, 6.45) is 0.760. The Kier molecular flexibility index (Phi) is 3.26. The lowest BCUT2D eigenvalue weighted by Gasteiger charge is -2.21. The van der Waals surface area contributed by atoms with Crippen LogP contribution in [0.15, 0.2) is 18.2 Å². The van der Waals surface area contributed by atoms with Gasteiger partial charge in [-0.3, -0.25) is 0 Å². The van der Waals surface area contributed by atoms with Crippen LogP contribution in [0.1, 0.15) is 13.3 Å². The first-order chi connectivity index (χ1) is 7.58. The third-order valence-electron chi connectivity index (χ3n) is 3.22. The number of nitrogen functional groups attached to an aromatic ring is 1. The molecule has 0 saturated carbocycles. The minimum Gasteiger partial charge on any atom is -0.399 e. The number of hydrogen-bond acceptors (Lipinski definition) is 3. The van der Waals surface area contributed by atoms with E-state index in [1.165, 1.54) is 0 Å². The Hall–Kier alpha value is -0.930. The number of aliphatic hydroxyl groups is 1. The highest BCUT2D eigenvalue weighted by atomic mass is 35.5. The zero-order valence-electron chi connectivity index (χ0n) is 9.36. The van der Waals surface area contributed by atoms with Gasteiger partial charge in [-0.05, 0) is 31.5 Å². The van der Waals surface area contributed by atoms with Crippen LogP contribution in [0, 0.1) is 5.92 Å². The van der Waals surface area contributed by atoms with Crippen molar-refractivity contribution in [1.82, 2.24) is 0 Å². The molecule has 16 heavy (non-hydrogen) atoms.